The van der Waals surface area contributed by atoms with Gasteiger partial charge in [0.25, 0.3) is 5.91 Å². The van der Waals surface area contributed by atoms with Crippen LogP contribution in [0.2, 0.25) is 0 Å². The fourth-order valence-electron chi connectivity index (χ4n) is 5.71. The van der Waals surface area contributed by atoms with Crippen molar-refractivity contribution in [3.63, 3.8) is 0 Å². The van der Waals surface area contributed by atoms with Crippen LogP contribution in [-0.4, -0.2) is 81.8 Å². The van der Waals surface area contributed by atoms with Crippen LogP contribution in [0.4, 0.5) is 4.39 Å². The Hall–Kier alpha value is -3.32. The Labute approximate surface area is 205 Å². The largest absolute Gasteiger partial charge is 0.508 e. The van der Waals surface area contributed by atoms with Gasteiger partial charge in [-0.2, -0.15) is 5.48 Å². The molecule has 11 nitrogen and oxygen atoms in total. The molecular weight excluding hydrogens is 477 g/mol. The lowest BCUT2D eigenvalue weighted by molar-refractivity contribution is -0.153. The number of Topliss-reactive ketones (excluding diaryl/α,β-unsaturated/α-hetero) is 2. The van der Waals surface area contributed by atoms with E-state index in [4.69, 9.17) is 10.6 Å². The number of nitrogens with one attached hydrogen (secondary N) is 1. The number of primary amides is 1. The number of aromatic hydroxyl groups is 1. The highest BCUT2D eigenvalue weighted by Gasteiger charge is 2.64. The molecule has 1 aromatic rings. The van der Waals surface area contributed by atoms with Crippen LogP contribution in [0.1, 0.15) is 23.1 Å². The number of benzene rings is 1. The van der Waals surface area contributed by atoms with Gasteiger partial charge in [-0.3, -0.25) is 24.1 Å². The number of halogens is 1. The van der Waals surface area contributed by atoms with Gasteiger partial charge >= 0.3 is 0 Å². The molecule has 1 saturated carbocycles. The lowest BCUT2D eigenvalue weighted by Gasteiger charge is -2.50. The van der Waals surface area contributed by atoms with Crippen molar-refractivity contribution in [1.29, 1.82) is 0 Å². The minimum absolute atomic E-state index is 0.00730. The molecule has 0 spiro atoms. The van der Waals surface area contributed by atoms with Crippen molar-refractivity contribution < 1.29 is 44.0 Å². The number of ketones is 2. The number of carbonyl (C=O) groups excluding carboxylic acids is 3. The summed E-state index contributed by atoms with van der Waals surface area (Å²) in [4.78, 5) is 45.2. The lowest BCUT2D eigenvalue weighted by Crippen LogP contribution is -2.65. The molecule has 12 heteroatoms. The first-order valence-electron chi connectivity index (χ1n) is 11.4. The number of likely N-dealkylation sites (N-methyl/N-ethyl adjacent to an activating group) is 1. The van der Waals surface area contributed by atoms with Crippen LogP contribution in [0.25, 0.3) is 5.76 Å². The highest BCUT2D eigenvalue weighted by Crippen LogP contribution is 2.52. The van der Waals surface area contributed by atoms with E-state index in [2.05, 4.69) is 5.48 Å². The normalized spacial score (nSPS) is 27.8. The van der Waals surface area contributed by atoms with Crippen molar-refractivity contribution in [3.05, 3.63) is 45.7 Å². The summed E-state index contributed by atoms with van der Waals surface area (Å²) in [6.07, 6.45) is 0.149. The molecule has 36 heavy (non-hydrogen) atoms. The number of hydrogen-bond donors (Lipinski definition) is 6. The van der Waals surface area contributed by atoms with Gasteiger partial charge in [-0.05, 0) is 50.0 Å². The molecule has 3 aliphatic rings. The van der Waals surface area contributed by atoms with Crippen LogP contribution < -0.4 is 11.2 Å². The van der Waals surface area contributed by atoms with Gasteiger partial charge in [0.1, 0.15) is 29.5 Å². The second-order valence-electron chi connectivity index (χ2n) is 9.42. The summed E-state index contributed by atoms with van der Waals surface area (Å²) >= 11 is 0. The quantitative estimate of drug-likeness (QED) is 0.167. The molecule has 1 fully saturated rings. The van der Waals surface area contributed by atoms with E-state index in [0.717, 1.165) is 0 Å². The molecule has 4 atom stereocenters. The average Bonchev–Trinajstić information content (AvgIpc) is 2.80. The van der Waals surface area contributed by atoms with Gasteiger partial charge < -0.3 is 26.2 Å². The van der Waals surface area contributed by atoms with E-state index in [9.17, 15) is 39.2 Å². The van der Waals surface area contributed by atoms with Gasteiger partial charge in [-0.15, -0.1) is 0 Å². The highest BCUT2D eigenvalue weighted by atomic mass is 19.1. The molecule has 7 N–H and O–H groups in total. The Bertz CT molecular complexity index is 1210. The van der Waals surface area contributed by atoms with Gasteiger partial charge in [0.05, 0.1) is 18.2 Å². The number of phenolic OH excluding ortho intramolecular Hbond substituents is 1. The van der Waals surface area contributed by atoms with Gasteiger partial charge in [0, 0.05) is 18.0 Å². The van der Waals surface area contributed by atoms with E-state index in [-0.39, 0.29) is 42.9 Å². The first-order chi connectivity index (χ1) is 17.0. The van der Waals surface area contributed by atoms with E-state index in [1.807, 2.05) is 0 Å². The number of hydrogen-bond acceptors (Lipinski definition) is 10. The Morgan fingerprint density at radius 1 is 1.28 bits per heavy atom. The molecule has 0 saturated heterocycles. The van der Waals surface area contributed by atoms with Crippen molar-refractivity contribution in [2.24, 2.45) is 17.6 Å². The highest BCUT2D eigenvalue weighted by molar-refractivity contribution is 6.24. The van der Waals surface area contributed by atoms with Crippen molar-refractivity contribution in [2.45, 2.75) is 31.0 Å². The van der Waals surface area contributed by atoms with Crippen LogP contribution in [0.5, 0.6) is 5.75 Å². The topological polar surface area (TPSA) is 183 Å². The fraction of sp³-hybridized carbons (Fsp3) is 0.458. The van der Waals surface area contributed by atoms with Crippen LogP contribution >= 0.6 is 0 Å². The zero-order valence-electron chi connectivity index (χ0n) is 19.7. The van der Waals surface area contributed by atoms with E-state index >= 15 is 0 Å². The summed E-state index contributed by atoms with van der Waals surface area (Å²) < 4.78 is 12.3. The second kappa shape index (κ2) is 9.28. The molecule has 0 aliphatic heterocycles. The van der Waals surface area contributed by atoms with Gasteiger partial charge in [0.15, 0.2) is 11.4 Å². The Balaban J connectivity index is 1.86. The molecule has 4 rings (SSSR count). The number of nitrogens with zero attached hydrogens (tertiary/aromatic N) is 1. The van der Waals surface area contributed by atoms with E-state index < -0.39 is 64.7 Å². The molecule has 0 heterocycles. The minimum Gasteiger partial charge on any atom is -0.508 e. The van der Waals surface area contributed by atoms with Gasteiger partial charge in [-0.25, -0.2) is 4.39 Å². The standard InChI is InChI=1S/C24H28FN3O8/c1-28(2)18-13-8-11-7-12-10(9-27-36-6-5-25)3-4-14(29)16(12)19(30)15(11)21(32)24(13,35)22(33)17(20(18)31)23(26)34/h3-4,11,13,18,27,29-30,33,35H,5-9H2,1-2H3,(H2,26,34)/t11?,13?,18-,24+/m1/s1. The van der Waals surface area contributed by atoms with Crippen LogP contribution in [0.15, 0.2) is 29.0 Å². The smallest absolute Gasteiger partial charge is 0.255 e. The molecule has 0 radical (unpaired) electrons. The minimum atomic E-state index is -2.68. The number of alkyl halides is 1. The zero-order valence-corrected chi connectivity index (χ0v) is 19.7. The summed E-state index contributed by atoms with van der Waals surface area (Å²) in [5, 5.41) is 44.0. The van der Waals surface area contributed by atoms with Crippen molar-refractivity contribution in [3.8, 4) is 5.75 Å². The molecular formula is C24H28FN3O8. The number of amides is 1. The number of hydroxylamine groups is 1. The number of fused-ring (bicyclic) bond motifs is 3. The Morgan fingerprint density at radius 2 is 1.97 bits per heavy atom. The maximum absolute atomic E-state index is 13.7. The summed E-state index contributed by atoms with van der Waals surface area (Å²) in [7, 11) is 3.07. The number of aliphatic hydroxyl groups is 3. The predicted molar refractivity (Wildman–Crippen MR) is 123 cm³/mol. The van der Waals surface area contributed by atoms with Crippen LogP contribution in [0, 0.1) is 11.8 Å². The summed E-state index contributed by atoms with van der Waals surface area (Å²) in [5.74, 6) is -7.02. The molecule has 3 aliphatic carbocycles. The van der Waals surface area contributed by atoms with Crippen LogP contribution in [0.3, 0.4) is 0 Å². The number of rotatable bonds is 7. The molecule has 2 unspecified atom stereocenters. The average molecular weight is 505 g/mol. The summed E-state index contributed by atoms with van der Waals surface area (Å²) in [5.41, 5.74) is 5.25. The third kappa shape index (κ3) is 3.68. The Morgan fingerprint density at radius 3 is 2.58 bits per heavy atom. The number of aliphatic hydroxyl groups excluding tert-OH is 2. The first kappa shape index (κ1) is 25.8. The second-order valence-corrected chi connectivity index (χ2v) is 9.42. The molecule has 0 bridgehead atoms. The van der Waals surface area contributed by atoms with E-state index in [1.54, 1.807) is 6.07 Å². The van der Waals surface area contributed by atoms with Crippen molar-refractivity contribution in [2.75, 3.05) is 27.4 Å². The van der Waals surface area contributed by atoms with Gasteiger partial charge in [-0.1, -0.05) is 6.07 Å². The van der Waals surface area contributed by atoms with Crippen molar-refractivity contribution in [1.82, 2.24) is 10.4 Å². The molecule has 1 aromatic carbocycles. The first-order valence-corrected chi connectivity index (χ1v) is 11.4. The zero-order chi connectivity index (χ0) is 26.5. The molecule has 1 amide bonds. The third-order valence-electron chi connectivity index (χ3n) is 7.25. The number of phenols is 1. The lowest BCUT2D eigenvalue weighted by atomic mass is 9.57. The van der Waals surface area contributed by atoms with E-state index in [0.29, 0.717) is 11.1 Å². The SMILES string of the molecule is CN(C)[C@H]1C(=O)C(C(N)=O)=C(O)[C@@]2(O)C(=O)C3=C(O)c4c(O)ccc(CNOCCF)c4CC3CC12. The molecule has 194 valence electrons. The van der Waals surface area contributed by atoms with Crippen molar-refractivity contribution >= 4 is 23.2 Å². The van der Waals surface area contributed by atoms with Gasteiger partial charge in [0.2, 0.25) is 5.78 Å². The number of carbonyl (C=O) groups is 3. The summed E-state index contributed by atoms with van der Waals surface area (Å²) in [6, 6.07) is 1.76. The third-order valence-corrected chi connectivity index (χ3v) is 7.25. The maximum Gasteiger partial charge on any atom is 0.255 e. The van der Waals surface area contributed by atoms with E-state index in [1.165, 1.54) is 25.1 Å². The van der Waals surface area contributed by atoms with Crippen LogP contribution in [-0.2, 0) is 32.2 Å². The molecule has 0 aromatic heterocycles. The predicted octanol–water partition coefficient (Wildman–Crippen LogP) is -0.0453. The maximum atomic E-state index is 13.7. The Kier molecular flexibility index (Phi) is 6.64. The monoisotopic (exact) mass is 505 g/mol. The summed E-state index contributed by atoms with van der Waals surface area (Å²) in [6.45, 7) is -0.743. The number of nitrogens with two attached hydrogens (primary N) is 1. The fourth-order valence-corrected chi connectivity index (χ4v) is 5.71.